The molecule has 0 radical (unpaired) electrons. The van der Waals surface area contributed by atoms with Crippen LogP contribution in [-0.4, -0.2) is 27.6 Å². The van der Waals surface area contributed by atoms with Gasteiger partial charge in [-0.05, 0) is 37.6 Å². The van der Waals surface area contributed by atoms with E-state index in [1.54, 1.807) is 24.4 Å². The highest BCUT2D eigenvalue weighted by molar-refractivity contribution is 5.94. The number of hydrogen-bond acceptors (Lipinski definition) is 2. The fourth-order valence-corrected chi connectivity index (χ4v) is 2.05. The van der Waals surface area contributed by atoms with Crippen LogP contribution < -0.4 is 5.32 Å². The smallest absolute Gasteiger partial charge is 0.335 e. The topological polar surface area (TPSA) is 71.3 Å². The fourth-order valence-electron chi connectivity index (χ4n) is 2.05. The average molecular weight is 274 g/mol. The van der Waals surface area contributed by atoms with Crippen molar-refractivity contribution in [1.29, 1.82) is 0 Å². The highest BCUT2D eigenvalue weighted by atomic mass is 16.4. The van der Waals surface area contributed by atoms with Crippen molar-refractivity contribution in [3.8, 4) is 0 Å². The minimum atomic E-state index is -0.950. The number of carboxylic acids is 1. The van der Waals surface area contributed by atoms with E-state index in [0.717, 1.165) is 17.3 Å². The second-order valence-corrected chi connectivity index (χ2v) is 4.90. The monoisotopic (exact) mass is 274 g/mol. The molecule has 2 aromatic rings. The molecule has 0 saturated heterocycles. The van der Waals surface area contributed by atoms with E-state index >= 15 is 0 Å². The first-order chi connectivity index (χ1) is 9.51. The van der Waals surface area contributed by atoms with Crippen molar-refractivity contribution < 1.29 is 14.7 Å². The Balaban J connectivity index is 2.19. The summed E-state index contributed by atoms with van der Waals surface area (Å²) in [6.45, 7) is 4.22. The summed E-state index contributed by atoms with van der Waals surface area (Å²) in [5.41, 5.74) is 1.11. The number of rotatable bonds is 5. The Morgan fingerprint density at radius 2 is 2.10 bits per heavy atom. The summed E-state index contributed by atoms with van der Waals surface area (Å²) in [4.78, 5) is 22.8. The van der Waals surface area contributed by atoms with Gasteiger partial charge in [0.1, 0.15) is 6.54 Å². The molecule has 1 aromatic heterocycles. The molecular formula is C15H18N2O3. The molecule has 1 atom stereocenters. The number of carboxylic acid groups (broad SMARTS) is 1. The fraction of sp³-hybridized carbons (Fsp3) is 0.333. The van der Waals surface area contributed by atoms with Crippen LogP contribution in [0.15, 0.2) is 30.5 Å². The van der Waals surface area contributed by atoms with E-state index < -0.39 is 5.97 Å². The summed E-state index contributed by atoms with van der Waals surface area (Å²) < 4.78 is 1.82. The third kappa shape index (κ3) is 2.99. The van der Waals surface area contributed by atoms with Gasteiger partial charge in [-0.2, -0.15) is 0 Å². The number of amides is 1. The highest BCUT2D eigenvalue weighted by Gasteiger charge is 2.10. The number of fused-ring (bicyclic) bond motifs is 1. The lowest BCUT2D eigenvalue weighted by Crippen LogP contribution is -2.34. The van der Waals surface area contributed by atoms with Crippen LogP contribution in [0.2, 0.25) is 0 Å². The number of carbonyl (C=O) groups excluding carboxylic acids is 1. The first-order valence-corrected chi connectivity index (χ1v) is 6.62. The van der Waals surface area contributed by atoms with Crippen molar-refractivity contribution >= 4 is 22.8 Å². The van der Waals surface area contributed by atoms with E-state index in [4.69, 9.17) is 5.11 Å². The molecule has 1 unspecified atom stereocenters. The van der Waals surface area contributed by atoms with Crippen molar-refractivity contribution in [2.75, 3.05) is 0 Å². The van der Waals surface area contributed by atoms with Crippen LogP contribution in [0.25, 0.3) is 10.9 Å². The lowest BCUT2D eigenvalue weighted by atomic mass is 10.1. The maximum absolute atomic E-state index is 11.9. The van der Waals surface area contributed by atoms with Crippen molar-refractivity contribution in [3.63, 3.8) is 0 Å². The summed E-state index contributed by atoms with van der Waals surface area (Å²) in [6, 6.07) is 6.87. The Kier molecular flexibility index (Phi) is 4.08. The molecule has 0 spiro atoms. The molecule has 0 aliphatic rings. The van der Waals surface area contributed by atoms with Crippen molar-refractivity contribution in [2.24, 2.45) is 0 Å². The minimum absolute atomic E-state index is 0.0424. The summed E-state index contributed by atoms with van der Waals surface area (Å²) in [5.74, 6) is -0.992. The zero-order valence-electron chi connectivity index (χ0n) is 11.6. The summed E-state index contributed by atoms with van der Waals surface area (Å²) in [7, 11) is 0. The van der Waals surface area contributed by atoms with Crippen molar-refractivity contribution in [1.82, 2.24) is 9.88 Å². The van der Waals surface area contributed by atoms with Gasteiger partial charge < -0.3 is 15.0 Å². The van der Waals surface area contributed by atoms with Crippen LogP contribution in [0.5, 0.6) is 0 Å². The molecule has 2 rings (SSSR count). The molecule has 0 saturated carbocycles. The average Bonchev–Trinajstić information content (AvgIpc) is 2.80. The number of hydrogen-bond donors (Lipinski definition) is 2. The van der Waals surface area contributed by atoms with Gasteiger partial charge in [-0.1, -0.05) is 6.92 Å². The zero-order valence-corrected chi connectivity index (χ0v) is 11.6. The SMILES string of the molecule is CCC(C)NC(=O)Cn1ccc2cc(C(=O)O)ccc21. The molecular weight excluding hydrogens is 256 g/mol. The van der Waals surface area contributed by atoms with E-state index in [0.29, 0.717) is 0 Å². The standard InChI is InChI=1S/C15H18N2O3/c1-3-10(2)16-14(18)9-17-7-6-11-8-12(15(19)20)4-5-13(11)17/h4-8,10H,3,9H2,1-2H3,(H,16,18)(H,19,20). The first-order valence-electron chi connectivity index (χ1n) is 6.62. The maximum Gasteiger partial charge on any atom is 0.335 e. The number of aromatic carboxylic acids is 1. The first kappa shape index (κ1) is 14.1. The van der Waals surface area contributed by atoms with Gasteiger partial charge in [0.05, 0.1) is 5.56 Å². The molecule has 0 fully saturated rings. The van der Waals surface area contributed by atoms with Gasteiger partial charge >= 0.3 is 5.97 Å². The second-order valence-electron chi connectivity index (χ2n) is 4.90. The van der Waals surface area contributed by atoms with Gasteiger partial charge in [0.15, 0.2) is 0 Å². The van der Waals surface area contributed by atoms with Gasteiger partial charge in [-0.15, -0.1) is 0 Å². The third-order valence-electron chi connectivity index (χ3n) is 3.35. The normalized spacial score (nSPS) is 12.3. The number of carbonyl (C=O) groups is 2. The van der Waals surface area contributed by atoms with E-state index in [-0.39, 0.29) is 24.1 Å². The largest absolute Gasteiger partial charge is 0.478 e. The molecule has 2 N–H and O–H groups in total. The van der Waals surface area contributed by atoms with E-state index in [1.165, 1.54) is 0 Å². The molecule has 1 amide bonds. The molecule has 0 aliphatic heterocycles. The molecule has 0 bridgehead atoms. The molecule has 1 aromatic carbocycles. The lowest BCUT2D eigenvalue weighted by molar-refractivity contribution is -0.122. The van der Waals surface area contributed by atoms with E-state index in [2.05, 4.69) is 5.32 Å². The number of benzene rings is 1. The van der Waals surface area contributed by atoms with E-state index in [9.17, 15) is 9.59 Å². The summed E-state index contributed by atoms with van der Waals surface area (Å²) in [5, 5.41) is 12.7. The van der Waals surface area contributed by atoms with Crippen LogP contribution in [0.3, 0.4) is 0 Å². The predicted molar refractivity (Wildman–Crippen MR) is 76.8 cm³/mol. The Labute approximate surface area is 117 Å². The van der Waals surface area contributed by atoms with Gasteiger partial charge in [0, 0.05) is 23.1 Å². The second kappa shape index (κ2) is 5.77. The molecule has 106 valence electrons. The highest BCUT2D eigenvalue weighted by Crippen LogP contribution is 2.17. The Bertz CT molecular complexity index is 646. The van der Waals surface area contributed by atoms with Crippen molar-refractivity contribution in [2.45, 2.75) is 32.9 Å². The zero-order chi connectivity index (χ0) is 14.7. The van der Waals surface area contributed by atoms with Gasteiger partial charge in [0.2, 0.25) is 5.91 Å². The quantitative estimate of drug-likeness (QED) is 0.878. The maximum atomic E-state index is 11.9. The lowest BCUT2D eigenvalue weighted by Gasteiger charge is -2.12. The summed E-state index contributed by atoms with van der Waals surface area (Å²) in [6.07, 6.45) is 2.69. The number of nitrogens with zero attached hydrogens (tertiary/aromatic N) is 1. The van der Waals surface area contributed by atoms with Crippen LogP contribution in [0.1, 0.15) is 30.6 Å². The predicted octanol–water partition coefficient (Wildman–Crippen LogP) is 2.25. The van der Waals surface area contributed by atoms with Gasteiger partial charge in [-0.3, -0.25) is 4.79 Å². The third-order valence-corrected chi connectivity index (χ3v) is 3.35. The molecule has 20 heavy (non-hydrogen) atoms. The molecule has 5 nitrogen and oxygen atoms in total. The van der Waals surface area contributed by atoms with Crippen LogP contribution >= 0.6 is 0 Å². The van der Waals surface area contributed by atoms with Gasteiger partial charge in [0.25, 0.3) is 0 Å². The Morgan fingerprint density at radius 1 is 1.35 bits per heavy atom. The number of nitrogens with one attached hydrogen (secondary N) is 1. The Hall–Kier alpha value is -2.30. The summed E-state index contributed by atoms with van der Waals surface area (Å²) >= 11 is 0. The van der Waals surface area contributed by atoms with E-state index in [1.807, 2.05) is 24.5 Å². The van der Waals surface area contributed by atoms with Crippen LogP contribution in [0, 0.1) is 0 Å². The minimum Gasteiger partial charge on any atom is -0.478 e. The molecule has 5 heteroatoms. The Morgan fingerprint density at radius 3 is 2.75 bits per heavy atom. The van der Waals surface area contributed by atoms with Crippen LogP contribution in [0.4, 0.5) is 0 Å². The number of aromatic nitrogens is 1. The molecule has 0 aliphatic carbocycles. The van der Waals surface area contributed by atoms with Gasteiger partial charge in [-0.25, -0.2) is 4.79 Å². The van der Waals surface area contributed by atoms with Crippen molar-refractivity contribution in [3.05, 3.63) is 36.0 Å². The van der Waals surface area contributed by atoms with Crippen LogP contribution in [-0.2, 0) is 11.3 Å². The molecule has 1 heterocycles.